The van der Waals surface area contributed by atoms with Gasteiger partial charge in [0.15, 0.2) is 0 Å². The Kier molecular flexibility index (Phi) is 2.12. The Morgan fingerprint density at radius 1 is 1.29 bits per heavy atom. The Balaban J connectivity index is 2.93. The molecule has 0 spiro atoms. The first-order valence-electron chi connectivity index (χ1n) is 4.83. The highest BCUT2D eigenvalue weighted by molar-refractivity contribution is 5.81. The van der Waals surface area contributed by atoms with Crippen LogP contribution >= 0.6 is 0 Å². The molecule has 0 N–H and O–H groups in total. The van der Waals surface area contributed by atoms with E-state index in [4.69, 9.17) is 0 Å². The van der Waals surface area contributed by atoms with E-state index in [-0.39, 0.29) is 5.56 Å². The van der Waals surface area contributed by atoms with Crippen LogP contribution in [-0.2, 0) is 6.54 Å². The molecule has 1 aromatic carbocycles. The minimum Gasteiger partial charge on any atom is -0.313 e. The van der Waals surface area contributed by atoms with Gasteiger partial charge in [-0.25, -0.2) is 0 Å². The highest BCUT2D eigenvalue weighted by Gasteiger charge is 2.03. The Hall–Kier alpha value is -1.57. The molecule has 0 fully saturated rings. The molecular weight excluding hydrogens is 174 g/mol. The van der Waals surface area contributed by atoms with E-state index in [0.29, 0.717) is 0 Å². The number of aromatic nitrogens is 1. The molecule has 0 aliphatic rings. The van der Waals surface area contributed by atoms with Crippen LogP contribution in [0.2, 0.25) is 0 Å². The molecule has 2 nitrogen and oxygen atoms in total. The van der Waals surface area contributed by atoms with Crippen LogP contribution in [0.25, 0.3) is 10.8 Å². The second kappa shape index (κ2) is 3.29. The van der Waals surface area contributed by atoms with Crippen LogP contribution in [0, 0.1) is 6.92 Å². The van der Waals surface area contributed by atoms with Gasteiger partial charge in [0, 0.05) is 17.6 Å². The highest BCUT2D eigenvalue weighted by atomic mass is 16.1. The van der Waals surface area contributed by atoms with Crippen molar-refractivity contribution in [2.45, 2.75) is 20.4 Å². The fourth-order valence-corrected chi connectivity index (χ4v) is 1.82. The summed E-state index contributed by atoms with van der Waals surface area (Å²) in [6.45, 7) is 4.69. The van der Waals surface area contributed by atoms with Gasteiger partial charge in [0.05, 0.1) is 0 Å². The van der Waals surface area contributed by atoms with Crippen LogP contribution in [-0.4, -0.2) is 4.57 Å². The second-order valence-electron chi connectivity index (χ2n) is 3.42. The predicted molar refractivity (Wildman–Crippen MR) is 58.6 cm³/mol. The summed E-state index contributed by atoms with van der Waals surface area (Å²) < 4.78 is 1.79. The van der Waals surface area contributed by atoms with Crippen LogP contribution in [0.15, 0.2) is 35.1 Å². The standard InChI is InChI=1S/C12H13NO/c1-3-13-9(2)8-10-6-4-5-7-11(10)12(13)14/h4-8H,3H2,1-2H3. The van der Waals surface area contributed by atoms with Gasteiger partial charge in [-0.3, -0.25) is 4.79 Å². The van der Waals surface area contributed by atoms with Gasteiger partial charge in [-0.15, -0.1) is 0 Å². The lowest BCUT2D eigenvalue weighted by Gasteiger charge is -2.08. The molecule has 0 saturated carbocycles. The van der Waals surface area contributed by atoms with Crippen LogP contribution in [0.5, 0.6) is 0 Å². The SMILES string of the molecule is CCn1c(C)cc2ccccc2c1=O. The largest absolute Gasteiger partial charge is 0.313 e. The van der Waals surface area contributed by atoms with E-state index in [1.54, 1.807) is 4.57 Å². The average Bonchev–Trinajstić information content (AvgIpc) is 2.18. The molecule has 2 aromatic rings. The third-order valence-corrected chi connectivity index (χ3v) is 2.54. The lowest BCUT2D eigenvalue weighted by molar-refractivity contribution is 0.708. The van der Waals surface area contributed by atoms with Gasteiger partial charge in [-0.1, -0.05) is 18.2 Å². The van der Waals surface area contributed by atoms with Gasteiger partial charge < -0.3 is 4.57 Å². The summed E-state index contributed by atoms with van der Waals surface area (Å²) in [7, 11) is 0. The number of hydrogen-bond donors (Lipinski definition) is 0. The summed E-state index contributed by atoms with van der Waals surface area (Å²) in [6, 6.07) is 9.77. The van der Waals surface area contributed by atoms with Gasteiger partial charge in [0.2, 0.25) is 0 Å². The van der Waals surface area contributed by atoms with Crippen molar-refractivity contribution in [1.82, 2.24) is 4.57 Å². The summed E-state index contributed by atoms with van der Waals surface area (Å²) in [5, 5.41) is 1.83. The van der Waals surface area contributed by atoms with Crippen molar-refractivity contribution in [3.05, 3.63) is 46.4 Å². The maximum atomic E-state index is 11.9. The summed E-state index contributed by atoms with van der Waals surface area (Å²) in [6.07, 6.45) is 0. The van der Waals surface area contributed by atoms with Gasteiger partial charge in [-0.05, 0) is 31.4 Å². The molecule has 2 rings (SSSR count). The number of hydrogen-bond acceptors (Lipinski definition) is 1. The minimum atomic E-state index is 0.114. The third-order valence-electron chi connectivity index (χ3n) is 2.54. The Morgan fingerprint density at radius 2 is 2.00 bits per heavy atom. The van der Waals surface area contributed by atoms with E-state index in [9.17, 15) is 4.79 Å². The van der Waals surface area contributed by atoms with E-state index in [0.717, 1.165) is 23.0 Å². The van der Waals surface area contributed by atoms with Crippen molar-refractivity contribution in [2.75, 3.05) is 0 Å². The van der Waals surface area contributed by atoms with Crippen LogP contribution in [0.1, 0.15) is 12.6 Å². The predicted octanol–water partition coefficient (Wildman–Crippen LogP) is 2.33. The summed E-state index contributed by atoms with van der Waals surface area (Å²) in [4.78, 5) is 11.9. The molecule has 0 amide bonds. The number of benzene rings is 1. The van der Waals surface area contributed by atoms with Crippen molar-refractivity contribution in [3.8, 4) is 0 Å². The first-order valence-corrected chi connectivity index (χ1v) is 4.83. The molecule has 0 unspecified atom stereocenters. The molecule has 0 bridgehead atoms. The molecule has 0 aliphatic heterocycles. The minimum absolute atomic E-state index is 0.114. The molecule has 1 aromatic heterocycles. The number of nitrogens with zero attached hydrogens (tertiary/aromatic N) is 1. The van der Waals surface area contributed by atoms with Crippen LogP contribution in [0.4, 0.5) is 0 Å². The Labute approximate surface area is 82.8 Å². The summed E-state index contributed by atoms with van der Waals surface area (Å²) >= 11 is 0. The summed E-state index contributed by atoms with van der Waals surface area (Å²) in [5.41, 5.74) is 1.14. The fraction of sp³-hybridized carbons (Fsp3) is 0.250. The van der Waals surface area contributed by atoms with Gasteiger partial charge in [-0.2, -0.15) is 0 Å². The first kappa shape index (κ1) is 9.00. The smallest absolute Gasteiger partial charge is 0.258 e. The Bertz CT molecular complexity index is 525. The molecule has 0 atom stereocenters. The second-order valence-corrected chi connectivity index (χ2v) is 3.42. The van der Waals surface area contributed by atoms with E-state index in [1.165, 1.54) is 0 Å². The van der Waals surface area contributed by atoms with E-state index >= 15 is 0 Å². The van der Waals surface area contributed by atoms with E-state index < -0.39 is 0 Å². The molecular formula is C12H13NO. The van der Waals surface area contributed by atoms with Crippen molar-refractivity contribution >= 4 is 10.8 Å². The monoisotopic (exact) mass is 187 g/mol. The molecule has 72 valence electrons. The number of aryl methyl sites for hydroxylation is 1. The molecule has 14 heavy (non-hydrogen) atoms. The molecule has 1 heterocycles. The topological polar surface area (TPSA) is 22.0 Å². The highest BCUT2D eigenvalue weighted by Crippen LogP contribution is 2.10. The zero-order valence-corrected chi connectivity index (χ0v) is 8.45. The van der Waals surface area contributed by atoms with Crippen molar-refractivity contribution in [1.29, 1.82) is 0 Å². The quantitative estimate of drug-likeness (QED) is 0.671. The van der Waals surface area contributed by atoms with Crippen molar-refractivity contribution in [2.24, 2.45) is 0 Å². The van der Waals surface area contributed by atoms with Crippen LogP contribution in [0.3, 0.4) is 0 Å². The fourth-order valence-electron chi connectivity index (χ4n) is 1.82. The van der Waals surface area contributed by atoms with E-state index in [2.05, 4.69) is 6.07 Å². The summed E-state index contributed by atoms with van der Waals surface area (Å²) in [5.74, 6) is 0. The van der Waals surface area contributed by atoms with Gasteiger partial charge in [0.25, 0.3) is 5.56 Å². The normalized spacial score (nSPS) is 10.7. The average molecular weight is 187 g/mol. The lowest BCUT2D eigenvalue weighted by Crippen LogP contribution is -2.21. The van der Waals surface area contributed by atoms with E-state index in [1.807, 2.05) is 38.1 Å². The maximum absolute atomic E-state index is 11.9. The molecule has 2 heteroatoms. The number of rotatable bonds is 1. The molecule has 0 radical (unpaired) electrons. The zero-order chi connectivity index (χ0) is 10.1. The number of fused-ring (bicyclic) bond motifs is 1. The maximum Gasteiger partial charge on any atom is 0.258 e. The molecule has 0 aliphatic carbocycles. The number of pyridine rings is 1. The van der Waals surface area contributed by atoms with Crippen molar-refractivity contribution < 1.29 is 0 Å². The van der Waals surface area contributed by atoms with Crippen molar-refractivity contribution in [3.63, 3.8) is 0 Å². The first-order chi connectivity index (χ1) is 6.74. The van der Waals surface area contributed by atoms with Crippen LogP contribution < -0.4 is 5.56 Å². The third kappa shape index (κ3) is 1.23. The zero-order valence-electron chi connectivity index (χ0n) is 8.45. The van der Waals surface area contributed by atoms with Gasteiger partial charge in [0.1, 0.15) is 0 Å². The molecule has 0 saturated heterocycles. The lowest BCUT2D eigenvalue weighted by atomic mass is 10.1. The van der Waals surface area contributed by atoms with Gasteiger partial charge >= 0.3 is 0 Å². The Morgan fingerprint density at radius 3 is 2.71 bits per heavy atom.